The average Bonchev–Trinajstić information content (AvgIpc) is 2.88. The fraction of sp³-hybridized carbons (Fsp3) is 0.929. The van der Waals surface area contributed by atoms with E-state index in [2.05, 4.69) is 29.5 Å². The average molecular weight is 255 g/mol. The Labute approximate surface area is 112 Å². The van der Waals surface area contributed by atoms with Crippen LogP contribution in [0.25, 0.3) is 0 Å². The molecule has 2 atom stereocenters. The number of nitrogens with zero attached hydrogens (tertiary/aromatic N) is 1. The van der Waals surface area contributed by atoms with Gasteiger partial charge in [0.15, 0.2) is 5.96 Å². The second kappa shape index (κ2) is 9.20. The van der Waals surface area contributed by atoms with E-state index >= 15 is 0 Å². The van der Waals surface area contributed by atoms with Gasteiger partial charge in [0.05, 0.1) is 6.61 Å². The first-order chi connectivity index (χ1) is 8.76. The zero-order valence-electron chi connectivity index (χ0n) is 12.2. The summed E-state index contributed by atoms with van der Waals surface area (Å²) in [5.41, 5.74) is 0. The van der Waals surface area contributed by atoms with Gasteiger partial charge in [-0.3, -0.25) is 4.99 Å². The lowest BCUT2D eigenvalue weighted by atomic mass is 10.1. The maximum Gasteiger partial charge on any atom is 0.191 e. The summed E-state index contributed by atoms with van der Waals surface area (Å²) in [6, 6.07) is 0.488. The molecular weight excluding hydrogens is 226 g/mol. The molecule has 2 N–H and O–H groups in total. The first-order valence-corrected chi connectivity index (χ1v) is 7.31. The molecule has 2 unspecified atom stereocenters. The molecule has 106 valence electrons. The van der Waals surface area contributed by atoms with E-state index in [1.54, 1.807) is 0 Å². The minimum Gasteiger partial charge on any atom is -0.381 e. The molecule has 1 fully saturated rings. The van der Waals surface area contributed by atoms with Crippen molar-refractivity contribution in [2.75, 3.05) is 26.8 Å². The Hall–Kier alpha value is -0.770. The molecule has 0 aliphatic carbocycles. The first kappa shape index (κ1) is 15.3. The van der Waals surface area contributed by atoms with E-state index < -0.39 is 0 Å². The Kier molecular flexibility index (Phi) is 7.81. The molecule has 0 spiro atoms. The van der Waals surface area contributed by atoms with Crippen LogP contribution in [-0.2, 0) is 4.74 Å². The van der Waals surface area contributed by atoms with Crippen molar-refractivity contribution < 1.29 is 4.74 Å². The van der Waals surface area contributed by atoms with Crippen LogP contribution in [0.4, 0.5) is 0 Å². The van der Waals surface area contributed by atoms with E-state index in [9.17, 15) is 0 Å². The van der Waals surface area contributed by atoms with Crippen LogP contribution < -0.4 is 10.6 Å². The highest BCUT2D eigenvalue weighted by atomic mass is 16.5. The summed E-state index contributed by atoms with van der Waals surface area (Å²) in [5.74, 6) is 1.56. The van der Waals surface area contributed by atoms with Crippen LogP contribution in [0.5, 0.6) is 0 Å². The second-order valence-corrected chi connectivity index (χ2v) is 5.22. The summed E-state index contributed by atoms with van der Waals surface area (Å²) >= 11 is 0. The molecule has 1 heterocycles. The van der Waals surface area contributed by atoms with Crippen molar-refractivity contribution in [2.45, 2.75) is 52.0 Å². The summed E-state index contributed by atoms with van der Waals surface area (Å²) in [6.07, 6.45) is 6.26. The molecule has 0 bridgehead atoms. The third-order valence-corrected chi connectivity index (χ3v) is 3.43. The highest BCUT2D eigenvalue weighted by Crippen LogP contribution is 2.10. The van der Waals surface area contributed by atoms with E-state index in [1.165, 1.54) is 25.7 Å². The van der Waals surface area contributed by atoms with Crippen LogP contribution in [0.15, 0.2) is 4.99 Å². The lowest BCUT2D eigenvalue weighted by molar-refractivity contribution is 0.186. The van der Waals surface area contributed by atoms with Crippen molar-refractivity contribution in [3.05, 3.63) is 0 Å². The van der Waals surface area contributed by atoms with Crippen LogP contribution in [0, 0.1) is 5.92 Å². The standard InChI is InChI=1S/C14H29N3O/c1-4-5-6-7-12(2)17-14(15-3)16-10-13-8-9-18-11-13/h12-13H,4-11H2,1-3H3,(H2,15,16,17). The number of ether oxygens (including phenoxy) is 1. The smallest absolute Gasteiger partial charge is 0.191 e. The van der Waals surface area contributed by atoms with Crippen molar-refractivity contribution in [3.63, 3.8) is 0 Å². The number of aliphatic imine (C=N–C) groups is 1. The van der Waals surface area contributed by atoms with Gasteiger partial charge in [-0.05, 0) is 19.8 Å². The summed E-state index contributed by atoms with van der Waals surface area (Å²) in [5, 5.41) is 6.84. The van der Waals surface area contributed by atoms with Gasteiger partial charge in [0.2, 0.25) is 0 Å². The Morgan fingerprint density at radius 3 is 2.89 bits per heavy atom. The summed E-state index contributed by atoms with van der Waals surface area (Å²) < 4.78 is 5.37. The molecule has 0 aromatic rings. The number of rotatable bonds is 7. The molecule has 1 rings (SSSR count). The van der Waals surface area contributed by atoms with Gasteiger partial charge in [-0.1, -0.05) is 26.2 Å². The predicted molar refractivity (Wildman–Crippen MR) is 77.0 cm³/mol. The van der Waals surface area contributed by atoms with Gasteiger partial charge in [-0.25, -0.2) is 0 Å². The molecule has 0 saturated carbocycles. The van der Waals surface area contributed by atoms with E-state index in [1.807, 2.05) is 7.05 Å². The fourth-order valence-corrected chi connectivity index (χ4v) is 2.19. The molecule has 1 saturated heterocycles. The molecule has 0 amide bonds. The number of hydrogen-bond donors (Lipinski definition) is 2. The van der Waals surface area contributed by atoms with E-state index in [0.29, 0.717) is 12.0 Å². The van der Waals surface area contributed by atoms with Gasteiger partial charge in [0.25, 0.3) is 0 Å². The largest absolute Gasteiger partial charge is 0.381 e. The molecule has 1 aliphatic rings. The van der Waals surface area contributed by atoms with Gasteiger partial charge >= 0.3 is 0 Å². The zero-order chi connectivity index (χ0) is 13.2. The highest BCUT2D eigenvalue weighted by molar-refractivity contribution is 5.79. The van der Waals surface area contributed by atoms with Crippen molar-refractivity contribution in [2.24, 2.45) is 10.9 Å². The monoisotopic (exact) mass is 255 g/mol. The van der Waals surface area contributed by atoms with Crippen molar-refractivity contribution in [1.82, 2.24) is 10.6 Å². The molecule has 4 nitrogen and oxygen atoms in total. The van der Waals surface area contributed by atoms with Crippen LogP contribution in [-0.4, -0.2) is 38.8 Å². The zero-order valence-corrected chi connectivity index (χ0v) is 12.2. The minimum absolute atomic E-state index is 0.488. The number of guanidine groups is 1. The van der Waals surface area contributed by atoms with Crippen molar-refractivity contribution in [1.29, 1.82) is 0 Å². The van der Waals surface area contributed by atoms with Crippen LogP contribution in [0.2, 0.25) is 0 Å². The number of unbranched alkanes of at least 4 members (excludes halogenated alkanes) is 2. The topological polar surface area (TPSA) is 45.7 Å². The van der Waals surface area contributed by atoms with E-state index in [0.717, 1.165) is 32.1 Å². The Morgan fingerprint density at radius 1 is 1.44 bits per heavy atom. The van der Waals surface area contributed by atoms with Crippen LogP contribution >= 0.6 is 0 Å². The lowest BCUT2D eigenvalue weighted by Gasteiger charge is -2.19. The van der Waals surface area contributed by atoms with Crippen molar-refractivity contribution >= 4 is 5.96 Å². The van der Waals surface area contributed by atoms with Gasteiger partial charge in [0, 0.05) is 32.2 Å². The molecule has 0 aromatic carbocycles. The molecule has 0 aromatic heterocycles. The lowest BCUT2D eigenvalue weighted by Crippen LogP contribution is -2.43. The maximum atomic E-state index is 5.37. The second-order valence-electron chi connectivity index (χ2n) is 5.22. The predicted octanol–water partition coefficient (Wildman–Crippen LogP) is 2.16. The molecular formula is C14H29N3O. The fourth-order valence-electron chi connectivity index (χ4n) is 2.19. The Morgan fingerprint density at radius 2 is 2.28 bits per heavy atom. The molecule has 1 aliphatic heterocycles. The number of hydrogen-bond acceptors (Lipinski definition) is 2. The maximum absolute atomic E-state index is 5.37. The molecule has 4 heteroatoms. The van der Waals surface area contributed by atoms with Gasteiger partial charge in [-0.2, -0.15) is 0 Å². The van der Waals surface area contributed by atoms with Gasteiger partial charge in [-0.15, -0.1) is 0 Å². The number of nitrogens with one attached hydrogen (secondary N) is 2. The van der Waals surface area contributed by atoms with Crippen LogP contribution in [0.1, 0.15) is 46.0 Å². The third-order valence-electron chi connectivity index (χ3n) is 3.43. The summed E-state index contributed by atoms with van der Waals surface area (Å²) in [7, 11) is 1.83. The molecule has 0 radical (unpaired) electrons. The normalized spacial score (nSPS) is 21.9. The summed E-state index contributed by atoms with van der Waals surface area (Å²) in [4.78, 5) is 4.27. The highest BCUT2D eigenvalue weighted by Gasteiger charge is 2.15. The van der Waals surface area contributed by atoms with Crippen LogP contribution in [0.3, 0.4) is 0 Å². The third kappa shape index (κ3) is 6.24. The SMILES string of the molecule is CCCCCC(C)NC(=NC)NCC1CCOC1. The van der Waals surface area contributed by atoms with Crippen molar-refractivity contribution in [3.8, 4) is 0 Å². The van der Waals surface area contributed by atoms with E-state index in [4.69, 9.17) is 4.74 Å². The Bertz CT molecular complexity index is 237. The minimum atomic E-state index is 0.488. The first-order valence-electron chi connectivity index (χ1n) is 7.31. The van der Waals surface area contributed by atoms with Gasteiger partial charge in [0.1, 0.15) is 0 Å². The Balaban J connectivity index is 2.15. The molecule has 18 heavy (non-hydrogen) atoms. The van der Waals surface area contributed by atoms with E-state index in [-0.39, 0.29) is 0 Å². The quantitative estimate of drug-likeness (QED) is 0.416. The van der Waals surface area contributed by atoms with Gasteiger partial charge < -0.3 is 15.4 Å². The summed E-state index contributed by atoms with van der Waals surface area (Å²) in [6.45, 7) is 7.21.